The Balaban J connectivity index is 1.52. The van der Waals surface area contributed by atoms with Gasteiger partial charge in [-0.3, -0.25) is 0 Å². The van der Waals surface area contributed by atoms with Crippen molar-refractivity contribution in [3.63, 3.8) is 0 Å². The van der Waals surface area contributed by atoms with Gasteiger partial charge in [0.1, 0.15) is 16.9 Å². The van der Waals surface area contributed by atoms with Crippen LogP contribution in [-0.2, 0) is 6.54 Å². The molecule has 3 rings (SSSR count). The van der Waals surface area contributed by atoms with E-state index in [1.165, 1.54) is 4.88 Å². The standard InChI is InChI=1S/C14H14N2O2S2/c17-11(12-3-1-5-18-12)9-15-7-10-8-16-14(20-10)13-4-2-6-19-13/h1-6,8,11,15,17H,7,9H2. The first-order chi connectivity index (χ1) is 9.83. The van der Waals surface area contributed by atoms with Crippen molar-refractivity contribution in [3.05, 3.63) is 52.7 Å². The predicted molar refractivity (Wildman–Crippen MR) is 80.8 cm³/mol. The SMILES string of the molecule is OC(CNCc1cnc(-c2cccs2)s1)c1ccco1. The molecule has 20 heavy (non-hydrogen) atoms. The van der Waals surface area contributed by atoms with Gasteiger partial charge in [-0.2, -0.15) is 0 Å². The monoisotopic (exact) mass is 306 g/mol. The van der Waals surface area contributed by atoms with E-state index in [4.69, 9.17) is 4.42 Å². The van der Waals surface area contributed by atoms with Gasteiger partial charge in [-0.15, -0.1) is 22.7 Å². The van der Waals surface area contributed by atoms with E-state index in [0.717, 1.165) is 9.88 Å². The summed E-state index contributed by atoms with van der Waals surface area (Å²) in [5.74, 6) is 0.584. The highest BCUT2D eigenvalue weighted by atomic mass is 32.1. The van der Waals surface area contributed by atoms with E-state index in [0.29, 0.717) is 18.8 Å². The van der Waals surface area contributed by atoms with E-state index in [1.54, 1.807) is 41.1 Å². The maximum absolute atomic E-state index is 9.88. The van der Waals surface area contributed by atoms with Gasteiger partial charge in [0.25, 0.3) is 0 Å². The lowest BCUT2D eigenvalue weighted by Gasteiger charge is -2.08. The summed E-state index contributed by atoms with van der Waals surface area (Å²) in [6.07, 6.45) is 2.83. The zero-order chi connectivity index (χ0) is 13.8. The lowest BCUT2D eigenvalue weighted by molar-refractivity contribution is 0.147. The molecule has 3 aromatic rings. The maximum Gasteiger partial charge on any atom is 0.133 e. The molecule has 0 aliphatic heterocycles. The zero-order valence-corrected chi connectivity index (χ0v) is 12.3. The molecular weight excluding hydrogens is 292 g/mol. The number of hydrogen-bond donors (Lipinski definition) is 2. The normalized spacial score (nSPS) is 12.7. The van der Waals surface area contributed by atoms with Crippen LogP contribution >= 0.6 is 22.7 Å². The summed E-state index contributed by atoms with van der Waals surface area (Å²) in [7, 11) is 0. The van der Waals surface area contributed by atoms with Crippen molar-refractivity contribution < 1.29 is 9.52 Å². The van der Waals surface area contributed by atoms with Crippen LogP contribution in [0.1, 0.15) is 16.7 Å². The van der Waals surface area contributed by atoms with Crippen molar-refractivity contribution in [1.29, 1.82) is 0 Å². The minimum atomic E-state index is -0.616. The average Bonchev–Trinajstić information content (AvgIpc) is 3.20. The Kier molecular flexibility index (Phi) is 4.27. The smallest absolute Gasteiger partial charge is 0.133 e. The van der Waals surface area contributed by atoms with Gasteiger partial charge in [0.05, 0.1) is 11.1 Å². The van der Waals surface area contributed by atoms with Crippen LogP contribution in [0, 0.1) is 0 Å². The molecule has 6 heteroatoms. The molecule has 0 aromatic carbocycles. The molecule has 2 N–H and O–H groups in total. The second-order valence-electron chi connectivity index (χ2n) is 4.27. The first-order valence-corrected chi connectivity index (χ1v) is 7.93. The molecule has 0 aliphatic rings. The van der Waals surface area contributed by atoms with Gasteiger partial charge in [-0.1, -0.05) is 6.07 Å². The van der Waals surface area contributed by atoms with E-state index in [2.05, 4.69) is 16.4 Å². The Labute approximate surface area is 124 Å². The summed E-state index contributed by atoms with van der Waals surface area (Å²) in [5.41, 5.74) is 0. The topological polar surface area (TPSA) is 58.3 Å². The number of nitrogens with one attached hydrogen (secondary N) is 1. The first kappa shape index (κ1) is 13.5. The molecule has 1 unspecified atom stereocenters. The molecular formula is C14H14N2O2S2. The summed E-state index contributed by atoms with van der Waals surface area (Å²) in [4.78, 5) is 6.76. The molecule has 104 valence electrons. The quantitative estimate of drug-likeness (QED) is 0.734. The van der Waals surface area contributed by atoms with Crippen LogP contribution in [0.3, 0.4) is 0 Å². The van der Waals surface area contributed by atoms with Crippen molar-refractivity contribution in [2.24, 2.45) is 0 Å². The summed E-state index contributed by atoms with van der Waals surface area (Å²) in [6, 6.07) is 7.64. The Morgan fingerprint density at radius 1 is 1.35 bits per heavy atom. The molecule has 0 saturated carbocycles. The zero-order valence-electron chi connectivity index (χ0n) is 10.7. The van der Waals surface area contributed by atoms with Gasteiger partial charge < -0.3 is 14.8 Å². The molecule has 0 bridgehead atoms. The van der Waals surface area contributed by atoms with Gasteiger partial charge in [0.15, 0.2) is 0 Å². The molecule has 0 amide bonds. The largest absolute Gasteiger partial charge is 0.467 e. The fourth-order valence-corrected chi connectivity index (χ4v) is 3.50. The highest BCUT2D eigenvalue weighted by Crippen LogP contribution is 2.28. The number of thiophene rings is 1. The van der Waals surface area contributed by atoms with Crippen LogP contribution in [0.4, 0.5) is 0 Å². The van der Waals surface area contributed by atoms with Crippen LogP contribution in [0.5, 0.6) is 0 Å². The van der Waals surface area contributed by atoms with Gasteiger partial charge in [0.2, 0.25) is 0 Å². The number of aliphatic hydroxyl groups is 1. The molecule has 0 radical (unpaired) electrons. The molecule has 0 fully saturated rings. The summed E-state index contributed by atoms with van der Waals surface area (Å²) in [6.45, 7) is 1.15. The number of thiazole rings is 1. The fourth-order valence-electron chi connectivity index (χ4n) is 1.82. The van der Waals surface area contributed by atoms with Crippen LogP contribution < -0.4 is 5.32 Å². The lowest BCUT2D eigenvalue weighted by atomic mass is 10.3. The molecule has 4 nitrogen and oxygen atoms in total. The fraction of sp³-hybridized carbons (Fsp3) is 0.214. The maximum atomic E-state index is 9.88. The number of aromatic nitrogens is 1. The summed E-state index contributed by atoms with van der Waals surface area (Å²) < 4.78 is 5.15. The number of rotatable bonds is 6. The highest BCUT2D eigenvalue weighted by Gasteiger charge is 2.10. The third kappa shape index (κ3) is 3.16. The molecule has 1 atom stereocenters. The summed E-state index contributed by atoms with van der Waals surface area (Å²) in [5, 5.41) is 16.2. The van der Waals surface area contributed by atoms with Gasteiger partial charge in [0, 0.05) is 24.2 Å². The lowest BCUT2D eigenvalue weighted by Crippen LogP contribution is -2.20. The highest BCUT2D eigenvalue weighted by molar-refractivity contribution is 7.20. The molecule has 0 aliphatic carbocycles. The number of furan rings is 1. The van der Waals surface area contributed by atoms with E-state index in [9.17, 15) is 5.11 Å². The molecule has 3 heterocycles. The number of nitrogens with zero attached hydrogens (tertiary/aromatic N) is 1. The van der Waals surface area contributed by atoms with Crippen LogP contribution in [-0.4, -0.2) is 16.6 Å². The van der Waals surface area contributed by atoms with Crippen LogP contribution in [0.25, 0.3) is 9.88 Å². The minimum absolute atomic E-state index is 0.458. The Morgan fingerprint density at radius 3 is 3.05 bits per heavy atom. The van der Waals surface area contributed by atoms with Gasteiger partial charge >= 0.3 is 0 Å². The van der Waals surface area contributed by atoms with E-state index in [1.807, 2.05) is 17.6 Å². The average molecular weight is 306 g/mol. The number of aliphatic hydroxyl groups excluding tert-OH is 1. The van der Waals surface area contributed by atoms with Gasteiger partial charge in [-0.25, -0.2) is 4.98 Å². The molecule has 0 spiro atoms. The number of hydrogen-bond acceptors (Lipinski definition) is 6. The summed E-state index contributed by atoms with van der Waals surface area (Å²) >= 11 is 3.36. The Hall–Kier alpha value is -1.47. The van der Waals surface area contributed by atoms with Crippen molar-refractivity contribution in [2.45, 2.75) is 12.6 Å². The third-order valence-electron chi connectivity index (χ3n) is 2.79. The van der Waals surface area contributed by atoms with Crippen LogP contribution in [0.15, 0.2) is 46.5 Å². The third-order valence-corrected chi connectivity index (χ3v) is 4.83. The van der Waals surface area contributed by atoms with Crippen molar-refractivity contribution in [1.82, 2.24) is 10.3 Å². The minimum Gasteiger partial charge on any atom is -0.467 e. The first-order valence-electron chi connectivity index (χ1n) is 6.23. The predicted octanol–water partition coefficient (Wildman–Crippen LogP) is 3.29. The van der Waals surface area contributed by atoms with Crippen molar-refractivity contribution >= 4 is 22.7 Å². The Bertz CT molecular complexity index is 632. The van der Waals surface area contributed by atoms with Gasteiger partial charge in [-0.05, 0) is 23.6 Å². The second kappa shape index (κ2) is 6.32. The van der Waals surface area contributed by atoms with Crippen molar-refractivity contribution in [3.8, 4) is 9.88 Å². The second-order valence-corrected chi connectivity index (χ2v) is 6.33. The Morgan fingerprint density at radius 2 is 2.30 bits per heavy atom. The van der Waals surface area contributed by atoms with Crippen molar-refractivity contribution in [2.75, 3.05) is 6.54 Å². The van der Waals surface area contributed by atoms with E-state index >= 15 is 0 Å². The molecule has 3 aromatic heterocycles. The van der Waals surface area contributed by atoms with E-state index in [-0.39, 0.29) is 0 Å². The molecule has 0 saturated heterocycles. The van der Waals surface area contributed by atoms with Crippen LogP contribution in [0.2, 0.25) is 0 Å². The van der Waals surface area contributed by atoms with E-state index < -0.39 is 6.10 Å².